The van der Waals surface area contributed by atoms with E-state index in [4.69, 9.17) is 11.6 Å². The summed E-state index contributed by atoms with van der Waals surface area (Å²) in [6.45, 7) is 2.49. The zero-order valence-electron chi connectivity index (χ0n) is 10.4. The summed E-state index contributed by atoms with van der Waals surface area (Å²) in [5, 5.41) is 5.41. The van der Waals surface area contributed by atoms with E-state index in [1.807, 2.05) is 44.1 Å². The Bertz CT molecular complexity index is 393. The van der Waals surface area contributed by atoms with Gasteiger partial charge in [0.05, 0.1) is 0 Å². The summed E-state index contributed by atoms with van der Waals surface area (Å²) in [5.74, 6) is 0.407. The number of urea groups is 1. The molecule has 4 nitrogen and oxygen atoms in total. The summed E-state index contributed by atoms with van der Waals surface area (Å²) in [4.78, 5) is 13.5. The van der Waals surface area contributed by atoms with E-state index in [1.54, 1.807) is 0 Å². The molecule has 0 saturated heterocycles. The molecule has 2 amide bonds. The standard InChI is InChI=1S/C12H18ClN3O/c1-9-4-5-10(8-11(9)16(2)3)15-12(17)14-7-6-13/h4-5,8H,6-7H2,1-3H3,(H2,14,15,17). The van der Waals surface area contributed by atoms with Crippen LogP contribution in [0, 0.1) is 6.92 Å². The highest BCUT2D eigenvalue weighted by Crippen LogP contribution is 2.22. The Kier molecular flexibility index (Phi) is 5.10. The van der Waals surface area contributed by atoms with Crippen LogP contribution in [0.25, 0.3) is 0 Å². The summed E-state index contributed by atoms with van der Waals surface area (Å²) < 4.78 is 0. The van der Waals surface area contributed by atoms with E-state index in [0.717, 1.165) is 11.4 Å². The molecule has 0 aliphatic heterocycles. The highest BCUT2D eigenvalue weighted by Gasteiger charge is 2.05. The first-order chi connectivity index (χ1) is 8.04. The molecule has 17 heavy (non-hydrogen) atoms. The van der Waals surface area contributed by atoms with Crippen molar-refractivity contribution in [3.63, 3.8) is 0 Å². The van der Waals surface area contributed by atoms with Crippen molar-refractivity contribution in [2.75, 3.05) is 36.7 Å². The lowest BCUT2D eigenvalue weighted by atomic mass is 10.1. The molecule has 0 aromatic heterocycles. The minimum atomic E-state index is -0.237. The highest BCUT2D eigenvalue weighted by molar-refractivity contribution is 6.18. The van der Waals surface area contributed by atoms with E-state index >= 15 is 0 Å². The van der Waals surface area contributed by atoms with Crippen molar-refractivity contribution in [2.45, 2.75) is 6.92 Å². The van der Waals surface area contributed by atoms with Gasteiger partial charge in [0.15, 0.2) is 0 Å². The van der Waals surface area contributed by atoms with Gasteiger partial charge < -0.3 is 15.5 Å². The van der Waals surface area contributed by atoms with Gasteiger partial charge in [-0.15, -0.1) is 11.6 Å². The van der Waals surface area contributed by atoms with Crippen molar-refractivity contribution in [3.05, 3.63) is 23.8 Å². The van der Waals surface area contributed by atoms with Gasteiger partial charge in [-0.05, 0) is 24.6 Å². The second-order valence-corrected chi connectivity index (χ2v) is 4.34. The number of aryl methyl sites for hydroxylation is 1. The van der Waals surface area contributed by atoms with E-state index in [0.29, 0.717) is 12.4 Å². The second kappa shape index (κ2) is 6.35. The predicted octanol–water partition coefficient (Wildman–Crippen LogP) is 2.42. The van der Waals surface area contributed by atoms with Crippen LogP contribution in [0.3, 0.4) is 0 Å². The number of carbonyl (C=O) groups is 1. The summed E-state index contributed by atoms with van der Waals surface area (Å²) >= 11 is 5.49. The molecule has 0 aliphatic carbocycles. The molecule has 1 aromatic rings. The van der Waals surface area contributed by atoms with Crippen molar-refractivity contribution < 1.29 is 4.79 Å². The van der Waals surface area contributed by atoms with Gasteiger partial charge in [0, 0.05) is 37.9 Å². The zero-order chi connectivity index (χ0) is 12.8. The van der Waals surface area contributed by atoms with Gasteiger partial charge in [-0.1, -0.05) is 6.07 Å². The van der Waals surface area contributed by atoms with Crippen molar-refractivity contribution in [1.82, 2.24) is 5.32 Å². The average Bonchev–Trinajstić information content (AvgIpc) is 2.28. The molecule has 1 rings (SSSR count). The SMILES string of the molecule is Cc1ccc(NC(=O)NCCCl)cc1N(C)C. The van der Waals surface area contributed by atoms with Crippen LogP contribution in [0.5, 0.6) is 0 Å². The number of halogens is 1. The maximum atomic E-state index is 11.4. The smallest absolute Gasteiger partial charge is 0.319 e. The Morgan fingerprint density at radius 1 is 1.41 bits per heavy atom. The molecule has 94 valence electrons. The quantitative estimate of drug-likeness (QED) is 0.812. The Morgan fingerprint density at radius 3 is 2.71 bits per heavy atom. The lowest BCUT2D eigenvalue weighted by Gasteiger charge is -2.17. The number of carbonyl (C=O) groups excluding carboxylic acids is 1. The maximum Gasteiger partial charge on any atom is 0.319 e. The van der Waals surface area contributed by atoms with Gasteiger partial charge in [0.25, 0.3) is 0 Å². The first-order valence-corrected chi connectivity index (χ1v) is 5.97. The van der Waals surface area contributed by atoms with Crippen LogP contribution >= 0.6 is 11.6 Å². The molecule has 0 spiro atoms. The van der Waals surface area contributed by atoms with E-state index in [1.165, 1.54) is 5.56 Å². The molecule has 5 heteroatoms. The normalized spacial score (nSPS) is 9.88. The van der Waals surface area contributed by atoms with Gasteiger partial charge >= 0.3 is 6.03 Å². The van der Waals surface area contributed by atoms with Gasteiger partial charge in [-0.25, -0.2) is 4.79 Å². The van der Waals surface area contributed by atoms with E-state index in [2.05, 4.69) is 10.6 Å². The summed E-state index contributed by atoms with van der Waals surface area (Å²) in [7, 11) is 3.94. The number of alkyl halides is 1. The third-order valence-electron chi connectivity index (χ3n) is 2.33. The van der Waals surface area contributed by atoms with E-state index in [9.17, 15) is 4.79 Å². The first kappa shape index (κ1) is 13.6. The van der Waals surface area contributed by atoms with Crippen LogP contribution in [0.1, 0.15) is 5.56 Å². The minimum absolute atomic E-state index is 0.237. The lowest BCUT2D eigenvalue weighted by Crippen LogP contribution is -2.30. The number of amides is 2. The van der Waals surface area contributed by atoms with Crippen LogP contribution < -0.4 is 15.5 Å². The molecule has 2 N–H and O–H groups in total. The molecule has 0 saturated carbocycles. The third-order valence-corrected chi connectivity index (χ3v) is 2.52. The van der Waals surface area contributed by atoms with Gasteiger partial charge in [-0.3, -0.25) is 0 Å². The summed E-state index contributed by atoms with van der Waals surface area (Å²) in [6, 6.07) is 5.56. The zero-order valence-corrected chi connectivity index (χ0v) is 11.1. The largest absolute Gasteiger partial charge is 0.377 e. The molecule has 0 radical (unpaired) electrons. The third kappa shape index (κ3) is 4.15. The summed E-state index contributed by atoms with van der Waals surface area (Å²) in [5.41, 5.74) is 3.02. The van der Waals surface area contributed by atoms with Crippen molar-refractivity contribution in [1.29, 1.82) is 0 Å². The van der Waals surface area contributed by atoms with E-state index in [-0.39, 0.29) is 6.03 Å². The fraction of sp³-hybridized carbons (Fsp3) is 0.417. The molecular formula is C12H18ClN3O. The maximum absolute atomic E-state index is 11.4. The first-order valence-electron chi connectivity index (χ1n) is 5.43. The number of anilines is 2. The molecule has 0 heterocycles. The van der Waals surface area contributed by atoms with Crippen LogP contribution in [0.2, 0.25) is 0 Å². The minimum Gasteiger partial charge on any atom is -0.377 e. The molecule has 0 fully saturated rings. The lowest BCUT2D eigenvalue weighted by molar-refractivity contribution is 0.252. The number of benzene rings is 1. The van der Waals surface area contributed by atoms with E-state index < -0.39 is 0 Å². The Labute approximate surface area is 107 Å². The number of nitrogens with zero attached hydrogens (tertiary/aromatic N) is 1. The topological polar surface area (TPSA) is 44.4 Å². The van der Waals surface area contributed by atoms with Gasteiger partial charge in [0.1, 0.15) is 0 Å². The fourth-order valence-electron chi connectivity index (χ4n) is 1.51. The number of hydrogen-bond donors (Lipinski definition) is 2. The monoisotopic (exact) mass is 255 g/mol. The van der Waals surface area contributed by atoms with Gasteiger partial charge in [-0.2, -0.15) is 0 Å². The molecule has 1 aromatic carbocycles. The highest BCUT2D eigenvalue weighted by atomic mass is 35.5. The Morgan fingerprint density at radius 2 is 2.12 bits per heavy atom. The fourth-order valence-corrected chi connectivity index (χ4v) is 1.60. The molecule has 0 aliphatic rings. The average molecular weight is 256 g/mol. The van der Waals surface area contributed by atoms with Crippen molar-refractivity contribution in [3.8, 4) is 0 Å². The second-order valence-electron chi connectivity index (χ2n) is 3.97. The Hall–Kier alpha value is -1.42. The number of hydrogen-bond acceptors (Lipinski definition) is 2. The van der Waals surface area contributed by atoms with Crippen molar-refractivity contribution >= 4 is 29.0 Å². The Balaban J connectivity index is 2.72. The van der Waals surface area contributed by atoms with Crippen LogP contribution in [0.15, 0.2) is 18.2 Å². The van der Waals surface area contributed by atoms with Crippen LogP contribution in [-0.2, 0) is 0 Å². The molecule has 0 unspecified atom stereocenters. The molecule has 0 bridgehead atoms. The molecule has 0 atom stereocenters. The number of rotatable bonds is 4. The molecular weight excluding hydrogens is 238 g/mol. The van der Waals surface area contributed by atoms with Crippen LogP contribution in [-0.4, -0.2) is 32.6 Å². The number of nitrogens with one attached hydrogen (secondary N) is 2. The van der Waals surface area contributed by atoms with Gasteiger partial charge in [0.2, 0.25) is 0 Å². The van der Waals surface area contributed by atoms with Crippen LogP contribution in [0.4, 0.5) is 16.2 Å². The van der Waals surface area contributed by atoms with Crippen molar-refractivity contribution in [2.24, 2.45) is 0 Å². The summed E-state index contributed by atoms with van der Waals surface area (Å²) in [6.07, 6.45) is 0. The predicted molar refractivity (Wildman–Crippen MR) is 73.2 cm³/mol.